The average Bonchev–Trinajstić information content (AvgIpc) is 2.30. The van der Waals surface area contributed by atoms with Crippen LogP contribution in [0.15, 0.2) is 0 Å². The van der Waals surface area contributed by atoms with Gasteiger partial charge in [-0.25, -0.2) is 0 Å². The normalized spacial score (nSPS) is 23.1. The van der Waals surface area contributed by atoms with Crippen LogP contribution in [0, 0.1) is 5.41 Å². The van der Waals surface area contributed by atoms with E-state index in [0.717, 1.165) is 25.7 Å². The summed E-state index contributed by atoms with van der Waals surface area (Å²) in [6, 6.07) is 0. The molecule has 4 heteroatoms. The van der Waals surface area contributed by atoms with Crippen LogP contribution in [0.4, 0.5) is 0 Å². The fourth-order valence-electron chi connectivity index (χ4n) is 2.65. The van der Waals surface area contributed by atoms with Crippen LogP contribution in [0.3, 0.4) is 0 Å². The van der Waals surface area contributed by atoms with Gasteiger partial charge in [0, 0.05) is 12.1 Å². The van der Waals surface area contributed by atoms with E-state index in [1.807, 2.05) is 27.7 Å². The SMILES string of the molecule is CC(OC1(CN)CCC(C)(C)CC1)C(=O)NC(C)(C)C. The molecule has 1 fully saturated rings. The standard InChI is InChI=1S/C16H32N2O2/c1-12(13(19)18-14(2,3)4)20-16(11-17)9-7-15(5,6)8-10-16/h12H,7-11,17H2,1-6H3,(H,18,19). The molecule has 0 aliphatic heterocycles. The lowest BCUT2D eigenvalue weighted by Gasteiger charge is -2.44. The van der Waals surface area contributed by atoms with Gasteiger partial charge in [-0.15, -0.1) is 0 Å². The van der Waals surface area contributed by atoms with Crippen molar-refractivity contribution in [1.82, 2.24) is 5.32 Å². The summed E-state index contributed by atoms with van der Waals surface area (Å²) in [5.41, 5.74) is 5.74. The molecule has 1 rings (SSSR count). The molecule has 1 unspecified atom stereocenters. The lowest BCUT2D eigenvalue weighted by Crippen LogP contribution is -2.52. The van der Waals surface area contributed by atoms with E-state index in [-0.39, 0.29) is 17.0 Å². The number of carbonyl (C=O) groups is 1. The quantitative estimate of drug-likeness (QED) is 0.834. The lowest BCUT2D eigenvalue weighted by molar-refractivity contribution is -0.153. The first kappa shape index (κ1) is 17.4. The van der Waals surface area contributed by atoms with E-state index < -0.39 is 6.10 Å². The van der Waals surface area contributed by atoms with E-state index in [9.17, 15) is 4.79 Å². The summed E-state index contributed by atoms with van der Waals surface area (Å²) in [6.45, 7) is 12.8. The first-order valence-electron chi connectivity index (χ1n) is 7.69. The van der Waals surface area contributed by atoms with Gasteiger partial charge in [-0.1, -0.05) is 13.8 Å². The van der Waals surface area contributed by atoms with Gasteiger partial charge in [0.2, 0.25) is 5.91 Å². The highest BCUT2D eigenvalue weighted by atomic mass is 16.5. The van der Waals surface area contributed by atoms with Crippen LogP contribution in [0.1, 0.15) is 67.2 Å². The summed E-state index contributed by atoms with van der Waals surface area (Å²) in [5, 5.41) is 2.96. The Morgan fingerprint density at radius 2 is 1.75 bits per heavy atom. The van der Waals surface area contributed by atoms with Gasteiger partial charge in [-0.3, -0.25) is 4.79 Å². The van der Waals surface area contributed by atoms with Crippen molar-refractivity contribution in [3.05, 3.63) is 0 Å². The van der Waals surface area contributed by atoms with Crippen LogP contribution in [0.25, 0.3) is 0 Å². The van der Waals surface area contributed by atoms with Crippen LogP contribution in [0.5, 0.6) is 0 Å². The van der Waals surface area contributed by atoms with Crippen molar-refractivity contribution in [2.24, 2.45) is 11.1 Å². The lowest BCUT2D eigenvalue weighted by atomic mass is 9.71. The number of nitrogens with one attached hydrogen (secondary N) is 1. The van der Waals surface area contributed by atoms with E-state index >= 15 is 0 Å². The molecule has 0 bridgehead atoms. The van der Waals surface area contributed by atoms with Crippen molar-refractivity contribution in [2.45, 2.75) is 84.5 Å². The topological polar surface area (TPSA) is 64.3 Å². The Bertz CT molecular complexity index is 335. The zero-order valence-corrected chi connectivity index (χ0v) is 14.0. The Morgan fingerprint density at radius 3 is 2.15 bits per heavy atom. The molecule has 0 saturated heterocycles. The fourth-order valence-corrected chi connectivity index (χ4v) is 2.65. The predicted octanol–water partition coefficient (Wildman–Crippen LogP) is 2.60. The minimum absolute atomic E-state index is 0.0600. The molecule has 118 valence electrons. The van der Waals surface area contributed by atoms with Gasteiger partial charge in [-0.2, -0.15) is 0 Å². The first-order chi connectivity index (χ1) is 8.99. The summed E-state index contributed by atoms with van der Waals surface area (Å²) in [5.74, 6) is -0.0600. The second kappa shape index (κ2) is 6.02. The molecule has 1 saturated carbocycles. The minimum atomic E-state index is -0.459. The highest BCUT2D eigenvalue weighted by Crippen LogP contribution is 2.42. The van der Waals surface area contributed by atoms with Crippen LogP contribution in [-0.4, -0.2) is 29.7 Å². The van der Waals surface area contributed by atoms with Gasteiger partial charge in [0.25, 0.3) is 0 Å². The van der Waals surface area contributed by atoms with Crippen molar-refractivity contribution in [1.29, 1.82) is 0 Å². The Morgan fingerprint density at radius 1 is 1.25 bits per heavy atom. The van der Waals surface area contributed by atoms with Crippen LogP contribution >= 0.6 is 0 Å². The van der Waals surface area contributed by atoms with Crippen LogP contribution in [-0.2, 0) is 9.53 Å². The third-order valence-corrected chi connectivity index (χ3v) is 4.18. The molecule has 1 atom stereocenters. The fraction of sp³-hybridized carbons (Fsp3) is 0.938. The highest BCUT2D eigenvalue weighted by molar-refractivity contribution is 5.81. The molecule has 1 aliphatic rings. The molecule has 4 nitrogen and oxygen atoms in total. The Balaban J connectivity index is 2.62. The van der Waals surface area contributed by atoms with Gasteiger partial charge < -0.3 is 15.8 Å². The second-order valence-corrected chi connectivity index (χ2v) is 8.05. The summed E-state index contributed by atoms with van der Waals surface area (Å²) < 4.78 is 6.09. The molecule has 1 aliphatic carbocycles. The number of ether oxygens (including phenoxy) is 1. The molecule has 0 aromatic heterocycles. The van der Waals surface area contributed by atoms with E-state index in [0.29, 0.717) is 12.0 Å². The summed E-state index contributed by atoms with van der Waals surface area (Å²) in [6.07, 6.45) is 3.60. The maximum Gasteiger partial charge on any atom is 0.249 e. The van der Waals surface area contributed by atoms with Gasteiger partial charge in [0.05, 0.1) is 5.60 Å². The summed E-state index contributed by atoms with van der Waals surface area (Å²) in [4.78, 5) is 12.1. The van der Waals surface area contributed by atoms with E-state index in [4.69, 9.17) is 10.5 Å². The second-order valence-electron chi connectivity index (χ2n) is 8.05. The Kier molecular flexibility index (Phi) is 5.25. The van der Waals surface area contributed by atoms with Crippen LogP contribution < -0.4 is 11.1 Å². The number of rotatable bonds is 4. The van der Waals surface area contributed by atoms with E-state index in [1.165, 1.54) is 0 Å². The maximum atomic E-state index is 12.1. The number of nitrogens with two attached hydrogens (primary N) is 1. The predicted molar refractivity (Wildman–Crippen MR) is 82.5 cm³/mol. The minimum Gasteiger partial charge on any atom is -0.361 e. The number of amides is 1. The van der Waals surface area contributed by atoms with Crippen molar-refractivity contribution in [3.8, 4) is 0 Å². The number of carbonyl (C=O) groups excluding carboxylic acids is 1. The largest absolute Gasteiger partial charge is 0.361 e. The molecule has 0 aromatic carbocycles. The molecular formula is C16H32N2O2. The van der Waals surface area contributed by atoms with Crippen LogP contribution in [0.2, 0.25) is 0 Å². The smallest absolute Gasteiger partial charge is 0.249 e. The van der Waals surface area contributed by atoms with Gasteiger partial charge in [0.1, 0.15) is 6.10 Å². The third-order valence-electron chi connectivity index (χ3n) is 4.18. The van der Waals surface area contributed by atoms with Crippen molar-refractivity contribution >= 4 is 5.91 Å². The summed E-state index contributed by atoms with van der Waals surface area (Å²) >= 11 is 0. The van der Waals surface area contributed by atoms with Crippen molar-refractivity contribution in [2.75, 3.05) is 6.54 Å². The highest BCUT2D eigenvalue weighted by Gasteiger charge is 2.40. The maximum absolute atomic E-state index is 12.1. The van der Waals surface area contributed by atoms with Crippen molar-refractivity contribution in [3.63, 3.8) is 0 Å². The average molecular weight is 284 g/mol. The molecule has 20 heavy (non-hydrogen) atoms. The molecular weight excluding hydrogens is 252 g/mol. The Labute approximate surface area is 123 Å². The van der Waals surface area contributed by atoms with Gasteiger partial charge >= 0.3 is 0 Å². The van der Waals surface area contributed by atoms with Gasteiger partial charge in [0.15, 0.2) is 0 Å². The van der Waals surface area contributed by atoms with E-state index in [2.05, 4.69) is 19.2 Å². The monoisotopic (exact) mass is 284 g/mol. The zero-order valence-electron chi connectivity index (χ0n) is 14.0. The van der Waals surface area contributed by atoms with Gasteiger partial charge in [-0.05, 0) is 58.8 Å². The summed E-state index contributed by atoms with van der Waals surface area (Å²) in [7, 11) is 0. The molecule has 3 N–H and O–H groups in total. The van der Waals surface area contributed by atoms with Crippen molar-refractivity contribution < 1.29 is 9.53 Å². The third kappa shape index (κ3) is 5.06. The Hall–Kier alpha value is -0.610. The first-order valence-corrected chi connectivity index (χ1v) is 7.69. The zero-order chi connectivity index (χ0) is 15.6. The molecule has 0 aromatic rings. The molecule has 1 amide bonds. The molecule has 0 spiro atoms. The van der Waals surface area contributed by atoms with E-state index in [1.54, 1.807) is 0 Å². The molecule has 0 radical (unpaired) electrons. The molecule has 0 heterocycles. The number of hydrogen-bond acceptors (Lipinski definition) is 3. The number of hydrogen-bond donors (Lipinski definition) is 2.